The lowest BCUT2D eigenvalue weighted by molar-refractivity contribution is -0.136. The number of nitrogens with zero attached hydrogens (tertiary/aromatic N) is 4. The maximum atomic E-state index is 13.1. The molecule has 7 heteroatoms. The van der Waals surface area contributed by atoms with E-state index in [-0.39, 0.29) is 17.8 Å². The van der Waals surface area contributed by atoms with Crippen molar-refractivity contribution >= 4 is 17.5 Å². The van der Waals surface area contributed by atoms with Crippen molar-refractivity contribution in [3.8, 4) is 0 Å². The van der Waals surface area contributed by atoms with E-state index in [1.54, 1.807) is 16.9 Å². The highest BCUT2D eigenvalue weighted by Gasteiger charge is 2.26. The number of halogens is 2. The molecule has 1 amide bonds. The Hall–Kier alpha value is -1.92. The molecule has 0 radical (unpaired) electrons. The first-order chi connectivity index (χ1) is 11.9. The molecule has 1 fully saturated rings. The topological polar surface area (TPSA) is 41.4 Å². The first-order valence-corrected chi connectivity index (χ1v) is 8.77. The average Bonchev–Trinajstić information content (AvgIpc) is 3.03. The van der Waals surface area contributed by atoms with Crippen LogP contribution in [0.5, 0.6) is 0 Å². The SMILES string of the molecule is Cc1cnn(C(C)C(=O)N2CCN(Cc3ccc(F)cc3Cl)CC2)c1. The highest BCUT2D eigenvalue weighted by atomic mass is 35.5. The molecule has 134 valence electrons. The Bertz CT molecular complexity index is 755. The summed E-state index contributed by atoms with van der Waals surface area (Å²) in [7, 11) is 0. The molecule has 1 aliphatic heterocycles. The van der Waals surface area contributed by atoms with Crippen LogP contribution in [0, 0.1) is 12.7 Å². The number of aromatic nitrogens is 2. The summed E-state index contributed by atoms with van der Waals surface area (Å²) in [5.41, 5.74) is 1.95. The summed E-state index contributed by atoms with van der Waals surface area (Å²) in [6.07, 6.45) is 3.64. The van der Waals surface area contributed by atoms with Crippen LogP contribution >= 0.6 is 11.6 Å². The maximum absolute atomic E-state index is 13.1. The third-order valence-electron chi connectivity index (χ3n) is 4.58. The molecule has 0 saturated carbocycles. The van der Waals surface area contributed by atoms with Crippen molar-refractivity contribution < 1.29 is 9.18 Å². The van der Waals surface area contributed by atoms with Gasteiger partial charge in [-0.25, -0.2) is 4.39 Å². The monoisotopic (exact) mass is 364 g/mol. The first kappa shape index (κ1) is 17.9. The van der Waals surface area contributed by atoms with E-state index in [0.29, 0.717) is 24.7 Å². The number of piperazine rings is 1. The molecule has 1 unspecified atom stereocenters. The Kier molecular flexibility index (Phi) is 5.39. The number of carbonyl (C=O) groups excluding carboxylic acids is 1. The van der Waals surface area contributed by atoms with Gasteiger partial charge in [-0.3, -0.25) is 14.4 Å². The quantitative estimate of drug-likeness (QED) is 0.837. The van der Waals surface area contributed by atoms with Crippen LogP contribution in [0.3, 0.4) is 0 Å². The molecule has 5 nitrogen and oxygen atoms in total. The molecule has 1 aromatic carbocycles. The van der Waals surface area contributed by atoms with Gasteiger partial charge in [-0.15, -0.1) is 0 Å². The van der Waals surface area contributed by atoms with Gasteiger partial charge in [-0.05, 0) is 37.1 Å². The van der Waals surface area contributed by atoms with Gasteiger partial charge in [0.15, 0.2) is 0 Å². The molecule has 1 saturated heterocycles. The molecule has 0 spiro atoms. The molecule has 0 bridgehead atoms. The van der Waals surface area contributed by atoms with Crippen molar-refractivity contribution in [1.82, 2.24) is 19.6 Å². The number of rotatable bonds is 4. The zero-order valence-electron chi connectivity index (χ0n) is 14.5. The van der Waals surface area contributed by atoms with Crippen LogP contribution in [0.15, 0.2) is 30.6 Å². The molecule has 2 heterocycles. The summed E-state index contributed by atoms with van der Waals surface area (Å²) in [6.45, 7) is 7.37. The summed E-state index contributed by atoms with van der Waals surface area (Å²) < 4.78 is 14.8. The highest BCUT2D eigenvalue weighted by molar-refractivity contribution is 6.31. The summed E-state index contributed by atoms with van der Waals surface area (Å²) in [5, 5.41) is 4.68. The van der Waals surface area contributed by atoms with Gasteiger partial charge < -0.3 is 4.90 Å². The van der Waals surface area contributed by atoms with Crippen LogP contribution in [0.1, 0.15) is 24.1 Å². The second kappa shape index (κ2) is 7.54. The molecule has 3 rings (SSSR count). The predicted octanol–water partition coefficient (Wildman–Crippen LogP) is 2.89. The van der Waals surface area contributed by atoms with Gasteiger partial charge in [0.1, 0.15) is 11.9 Å². The molecule has 1 atom stereocenters. The van der Waals surface area contributed by atoms with Crippen LogP contribution in [-0.4, -0.2) is 51.7 Å². The third-order valence-corrected chi connectivity index (χ3v) is 4.93. The Labute approximate surface area is 152 Å². The fourth-order valence-corrected chi connectivity index (χ4v) is 3.27. The van der Waals surface area contributed by atoms with Crippen molar-refractivity contribution in [2.45, 2.75) is 26.4 Å². The Morgan fingerprint density at radius 3 is 2.64 bits per heavy atom. The summed E-state index contributed by atoms with van der Waals surface area (Å²) in [5.74, 6) is -0.241. The van der Waals surface area contributed by atoms with E-state index >= 15 is 0 Å². The number of amides is 1. The summed E-state index contributed by atoms with van der Waals surface area (Å²) >= 11 is 6.10. The molecule has 1 aliphatic rings. The molecular weight excluding hydrogens is 343 g/mol. The minimum atomic E-state index is -0.327. The van der Waals surface area contributed by atoms with E-state index in [0.717, 1.165) is 24.2 Å². The zero-order chi connectivity index (χ0) is 18.0. The molecule has 1 aromatic heterocycles. The fourth-order valence-electron chi connectivity index (χ4n) is 3.04. The number of carbonyl (C=O) groups is 1. The minimum Gasteiger partial charge on any atom is -0.338 e. The van der Waals surface area contributed by atoms with E-state index in [4.69, 9.17) is 11.6 Å². The number of hydrogen-bond donors (Lipinski definition) is 0. The molecular formula is C18H22ClFN4O. The summed E-state index contributed by atoms with van der Waals surface area (Å²) in [4.78, 5) is 16.8. The van der Waals surface area contributed by atoms with Crippen LogP contribution < -0.4 is 0 Å². The highest BCUT2D eigenvalue weighted by Crippen LogP contribution is 2.20. The predicted molar refractivity (Wildman–Crippen MR) is 94.9 cm³/mol. The molecule has 25 heavy (non-hydrogen) atoms. The number of hydrogen-bond acceptors (Lipinski definition) is 3. The second-order valence-corrected chi connectivity index (χ2v) is 6.92. The third kappa shape index (κ3) is 4.19. The van der Waals surface area contributed by atoms with Gasteiger partial charge in [0.2, 0.25) is 5.91 Å². The van der Waals surface area contributed by atoms with Gasteiger partial charge in [-0.1, -0.05) is 17.7 Å². The standard InChI is InChI=1S/C18H22ClFN4O/c1-13-10-21-24(11-13)14(2)18(25)23-7-5-22(6-8-23)12-15-3-4-16(20)9-17(15)19/h3-4,9-11,14H,5-8,12H2,1-2H3. The van der Waals surface area contributed by atoms with Crippen molar-refractivity contribution in [1.29, 1.82) is 0 Å². The largest absolute Gasteiger partial charge is 0.338 e. The average molecular weight is 365 g/mol. The zero-order valence-corrected chi connectivity index (χ0v) is 15.2. The number of aryl methyl sites for hydroxylation is 1. The lowest BCUT2D eigenvalue weighted by Gasteiger charge is -2.36. The molecule has 0 N–H and O–H groups in total. The van der Waals surface area contributed by atoms with Gasteiger partial charge in [0.25, 0.3) is 0 Å². The van der Waals surface area contributed by atoms with Crippen LogP contribution in [0.25, 0.3) is 0 Å². The van der Waals surface area contributed by atoms with Gasteiger partial charge >= 0.3 is 0 Å². The summed E-state index contributed by atoms with van der Waals surface area (Å²) in [6, 6.07) is 4.18. The minimum absolute atomic E-state index is 0.0857. The van der Waals surface area contributed by atoms with Crippen molar-refractivity contribution in [2.75, 3.05) is 26.2 Å². The smallest absolute Gasteiger partial charge is 0.247 e. The van der Waals surface area contributed by atoms with Crippen LogP contribution in [-0.2, 0) is 11.3 Å². The number of benzene rings is 1. The van der Waals surface area contributed by atoms with E-state index in [1.165, 1.54) is 12.1 Å². The first-order valence-electron chi connectivity index (χ1n) is 8.40. The van der Waals surface area contributed by atoms with E-state index < -0.39 is 0 Å². The Balaban J connectivity index is 1.55. The van der Waals surface area contributed by atoms with Gasteiger partial charge in [0.05, 0.1) is 6.20 Å². The van der Waals surface area contributed by atoms with E-state index in [9.17, 15) is 9.18 Å². The normalized spacial score (nSPS) is 16.9. The van der Waals surface area contributed by atoms with Gasteiger partial charge in [0, 0.05) is 43.9 Å². The Morgan fingerprint density at radius 1 is 1.32 bits per heavy atom. The Morgan fingerprint density at radius 2 is 2.04 bits per heavy atom. The van der Waals surface area contributed by atoms with Crippen LogP contribution in [0.4, 0.5) is 4.39 Å². The second-order valence-electron chi connectivity index (χ2n) is 6.51. The lowest BCUT2D eigenvalue weighted by atomic mass is 10.2. The maximum Gasteiger partial charge on any atom is 0.247 e. The van der Waals surface area contributed by atoms with E-state index in [1.807, 2.05) is 24.9 Å². The lowest BCUT2D eigenvalue weighted by Crippen LogP contribution is -2.50. The molecule has 0 aliphatic carbocycles. The fraction of sp³-hybridized carbons (Fsp3) is 0.444. The van der Waals surface area contributed by atoms with Crippen molar-refractivity contribution in [2.24, 2.45) is 0 Å². The van der Waals surface area contributed by atoms with E-state index in [2.05, 4.69) is 10.00 Å². The van der Waals surface area contributed by atoms with Gasteiger partial charge in [-0.2, -0.15) is 5.10 Å². The van der Waals surface area contributed by atoms with Crippen molar-refractivity contribution in [3.05, 3.63) is 52.6 Å². The van der Waals surface area contributed by atoms with Crippen LogP contribution in [0.2, 0.25) is 5.02 Å². The molecule has 2 aromatic rings. The van der Waals surface area contributed by atoms with Crippen molar-refractivity contribution in [3.63, 3.8) is 0 Å².